The van der Waals surface area contributed by atoms with E-state index in [0.717, 1.165) is 29.2 Å². The van der Waals surface area contributed by atoms with Gasteiger partial charge in [-0.05, 0) is 32.8 Å². The normalized spacial score (nSPS) is 21.0. The zero-order valence-electron chi connectivity index (χ0n) is 13.7. The second kappa shape index (κ2) is 6.80. The van der Waals surface area contributed by atoms with Crippen molar-refractivity contribution in [2.45, 2.75) is 45.8 Å². The van der Waals surface area contributed by atoms with Crippen LogP contribution < -0.4 is 5.32 Å². The van der Waals surface area contributed by atoms with Crippen molar-refractivity contribution in [1.82, 2.24) is 14.8 Å². The van der Waals surface area contributed by atoms with Gasteiger partial charge in [0.2, 0.25) is 5.91 Å². The maximum atomic E-state index is 12.7. The van der Waals surface area contributed by atoms with Gasteiger partial charge in [0.1, 0.15) is 11.1 Å². The van der Waals surface area contributed by atoms with Crippen LogP contribution in [0.25, 0.3) is 0 Å². The average molecular weight is 334 g/mol. The Bertz CT molecular complexity index is 679. The molecule has 2 aromatic heterocycles. The van der Waals surface area contributed by atoms with Crippen LogP contribution in [-0.4, -0.2) is 27.3 Å². The molecule has 0 unspecified atom stereocenters. The van der Waals surface area contributed by atoms with E-state index in [4.69, 9.17) is 4.74 Å². The number of nitrogens with zero attached hydrogens (tertiary/aromatic N) is 3. The number of thiazole rings is 1. The fourth-order valence-corrected chi connectivity index (χ4v) is 3.74. The molecule has 1 aliphatic heterocycles. The van der Waals surface area contributed by atoms with E-state index in [9.17, 15) is 4.79 Å². The van der Waals surface area contributed by atoms with Gasteiger partial charge in [-0.25, -0.2) is 4.98 Å². The number of ether oxygens (including phenoxy) is 1. The van der Waals surface area contributed by atoms with E-state index in [1.807, 2.05) is 17.7 Å². The molecule has 1 fully saturated rings. The third-order valence-corrected chi connectivity index (χ3v) is 4.91. The van der Waals surface area contributed by atoms with E-state index in [1.165, 1.54) is 11.3 Å². The lowest BCUT2D eigenvalue weighted by atomic mass is 9.97. The van der Waals surface area contributed by atoms with Gasteiger partial charge in [-0.1, -0.05) is 6.92 Å². The molecule has 3 rings (SSSR count). The minimum absolute atomic E-state index is 0.00274. The molecule has 0 saturated carbocycles. The molecule has 1 saturated heterocycles. The predicted octanol–water partition coefficient (Wildman–Crippen LogP) is 3.20. The summed E-state index contributed by atoms with van der Waals surface area (Å²) in [6, 6.07) is 2.18. The minimum Gasteiger partial charge on any atom is -0.371 e. The number of hydrogen-bond acceptors (Lipinski definition) is 5. The SMILES string of the molecule is CCc1ncsc1NC(=O)[C@H]1CCO[C@@H]1c1ccnn1C(C)C. The zero-order chi connectivity index (χ0) is 16.4. The van der Waals surface area contributed by atoms with Crippen LogP contribution in [-0.2, 0) is 16.0 Å². The molecule has 124 valence electrons. The number of carbonyl (C=O) groups is 1. The number of anilines is 1. The monoisotopic (exact) mass is 334 g/mol. The summed E-state index contributed by atoms with van der Waals surface area (Å²) < 4.78 is 7.79. The molecule has 7 heteroatoms. The van der Waals surface area contributed by atoms with Crippen LogP contribution in [0, 0.1) is 5.92 Å². The lowest BCUT2D eigenvalue weighted by Gasteiger charge is -2.20. The first-order valence-electron chi connectivity index (χ1n) is 8.00. The molecule has 23 heavy (non-hydrogen) atoms. The van der Waals surface area contributed by atoms with Crippen molar-refractivity contribution >= 4 is 22.2 Å². The van der Waals surface area contributed by atoms with Gasteiger partial charge >= 0.3 is 0 Å². The van der Waals surface area contributed by atoms with E-state index < -0.39 is 0 Å². The standard InChI is InChI=1S/C16H22N4O2S/c1-4-12-16(23-9-17-12)19-15(21)11-6-8-22-14(11)13-5-7-18-20(13)10(2)3/h5,7,9-11,14H,4,6,8H2,1-3H3,(H,19,21)/t11-,14-/m0/s1. The second-order valence-electron chi connectivity index (χ2n) is 5.95. The number of aryl methyl sites for hydroxylation is 1. The molecular weight excluding hydrogens is 312 g/mol. The maximum Gasteiger partial charge on any atom is 0.231 e. The van der Waals surface area contributed by atoms with Gasteiger partial charge in [-0.15, -0.1) is 11.3 Å². The first-order valence-corrected chi connectivity index (χ1v) is 8.88. The summed E-state index contributed by atoms with van der Waals surface area (Å²) in [4.78, 5) is 17.0. The molecule has 0 aromatic carbocycles. The van der Waals surface area contributed by atoms with E-state index in [0.29, 0.717) is 6.61 Å². The summed E-state index contributed by atoms with van der Waals surface area (Å²) >= 11 is 1.47. The van der Waals surface area contributed by atoms with Gasteiger partial charge in [-0.2, -0.15) is 5.10 Å². The van der Waals surface area contributed by atoms with Gasteiger partial charge in [0.25, 0.3) is 0 Å². The van der Waals surface area contributed by atoms with Gasteiger partial charge in [0.05, 0.1) is 22.8 Å². The number of rotatable bonds is 5. The molecule has 0 spiro atoms. The average Bonchev–Trinajstić information content (AvgIpc) is 3.26. The molecule has 2 atom stereocenters. The van der Waals surface area contributed by atoms with E-state index in [1.54, 1.807) is 11.7 Å². The summed E-state index contributed by atoms with van der Waals surface area (Å²) in [5, 5.41) is 8.23. The van der Waals surface area contributed by atoms with Crippen molar-refractivity contribution in [3.05, 3.63) is 29.2 Å². The van der Waals surface area contributed by atoms with Crippen LogP contribution in [0.1, 0.15) is 50.7 Å². The fraction of sp³-hybridized carbons (Fsp3) is 0.562. The molecule has 1 aliphatic rings. The summed E-state index contributed by atoms with van der Waals surface area (Å²) in [6.07, 6.45) is 3.06. The Morgan fingerprint density at radius 1 is 1.57 bits per heavy atom. The molecule has 6 nitrogen and oxygen atoms in total. The quantitative estimate of drug-likeness (QED) is 0.911. The summed E-state index contributed by atoms with van der Waals surface area (Å²) in [7, 11) is 0. The zero-order valence-corrected chi connectivity index (χ0v) is 14.5. The fourth-order valence-electron chi connectivity index (χ4n) is 2.96. The Labute approximate surface area is 139 Å². The lowest BCUT2D eigenvalue weighted by molar-refractivity contribution is -0.121. The summed E-state index contributed by atoms with van der Waals surface area (Å²) in [5.74, 6) is -0.195. The third-order valence-electron chi connectivity index (χ3n) is 4.12. The first kappa shape index (κ1) is 16.1. The van der Waals surface area contributed by atoms with Crippen molar-refractivity contribution in [1.29, 1.82) is 0 Å². The summed E-state index contributed by atoms with van der Waals surface area (Å²) in [6.45, 7) is 6.78. The smallest absolute Gasteiger partial charge is 0.231 e. The lowest BCUT2D eigenvalue weighted by Crippen LogP contribution is -2.27. The molecular formula is C16H22N4O2S. The number of amides is 1. The van der Waals surface area contributed by atoms with Crippen LogP contribution in [0.3, 0.4) is 0 Å². The highest BCUT2D eigenvalue weighted by Crippen LogP contribution is 2.36. The highest BCUT2D eigenvalue weighted by Gasteiger charge is 2.37. The van der Waals surface area contributed by atoms with Crippen molar-refractivity contribution in [3.8, 4) is 0 Å². The Morgan fingerprint density at radius 2 is 2.39 bits per heavy atom. The highest BCUT2D eigenvalue weighted by molar-refractivity contribution is 7.14. The number of carbonyl (C=O) groups excluding carboxylic acids is 1. The number of aromatic nitrogens is 3. The first-order chi connectivity index (χ1) is 11.1. The van der Waals surface area contributed by atoms with Crippen LogP contribution in [0.4, 0.5) is 5.00 Å². The Balaban J connectivity index is 1.78. The van der Waals surface area contributed by atoms with E-state index in [2.05, 4.69) is 29.2 Å². The number of hydrogen-bond donors (Lipinski definition) is 1. The van der Waals surface area contributed by atoms with Gasteiger partial charge in [0, 0.05) is 18.8 Å². The van der Waals surface area contributed by atoms with Gasteiger partial charge < -0.3 is 10.1 Å². The molecule has 0 radical (unpaired) electrons. The van der Waals surface area contributed by atoms with E-state index >= 15 is 0 Å². The second-order valence-corrected chi connectivity index (χ2v) is 6.81. The Hall–Kier alpha value is -1.73. The molecule has 0 aliphatic carbocycles. The largest absolute Gasteiger partial charge is 0.371 e. The van der Waals surface area contributed by atoms with Crippen molar-refractivity contribution in [2.75, 3.05) is 11.9 Å². The molecule has 3 heterocycles. The van der Waals surface area contributed by atoms with Crippen molar-refractivity contribution in [2.24, 2.45) is 5.92 Å². The molecule has 1 N–H and O–H groups in total. The molecule has 1 amide bonds. The van der Waals surface area contributed by atoms with E-state index in [-0.39, 0.29) is 24.0 Å². The highest BCUT2D eigenvalue weighted by atomic mass is 32.1. The topological polar surface area (TPSA) is 69.0 Å². The third kappa shape index (κ3) is 3.16. The number of nitrogens with one attached hydrogen (secondary N) is 1. The van der Waals surface area contributed by atoms with Gasteiger partial charge in [0.15, 0.2) is 0 Å². The maximum absolute atomic E-state index is 12.7. The van der Waals surface area contributed by atoms with Crippen LogP contribution in [0.2, 0.25) is 0 Å². The van der Waals surface area contributed by atoms with Crippen molar-refractivity contribution in [3.63, 3.8) is 0 Å². The summed E-state index contributed by atoms with van der Waals surface area (Å²) in [5.41, 5.74) is 3.67. The minimum atomic E-state index is -0.238. The molecule has 2 aromatic rings. The molecule has 0 bridgehead atoms. The Morgan fingerprint density at radius 3 is 3.13 bits per heavy atom. The predicted molar refractivity (Wildman–Crippen MR) is 89.5 cm³/mol. The van der Waals surface area contributed by atoms with Crippen molar-refractivity contribution < 1.29 is 9.53 Å². The van der Waals surface area contributed by atoms with Crippen LogP contribution in [0.15, 0.2) is 17.8 Å². The van der Waals surface area contributed by atoms with Crippen LogP contribution >= 0.6 is 11.3 Å². The van der Waals surface area contributed by atoms with Crippen LogP contribution in [0.5, 0.6) is 0 Å². The van der Waals surface area contributed by atoms with Gasteiger partial charge in [-0.3, -0.25) is 9.48 Å². The Kier molecular flexibility index (Phi) is 4.77.